The van der Waals surface area contributed by atoms with Crippen molar-refractivity contribution in [3.05, 3.63) is 78.9 Å². The molecule has 1 aromatic rings. The van der Waals surface area contributed by atoms with Crippen molar-refractivity contribution in [3.8, 4) is 0 Å². The summed E-state index contributed by atoms with van der Waals surface area (Å²) in [7, 11) is 1.96. The highest BCUT2D eigenvalue weighted by Crippen LogP contribution is 2.22. The van der Waals surface area contributed by atoms with Crippen LogP contribution in [0.3, 0.4) is 0 Å². The predicted molar refractivity (Wildman–Crippen MR) is 79.1 cm³/mol. The zero-order valence-corrected chi connectivity index (χ0v) is 11.2. The van der Waals surface area contributed by atoms with Crippen molar-refractivity contribution in [2.45, 2.75) is 0 Å². The topological polar surface area (TPSA) is 26.3 Å². The summed E-state index contributed by atoms with van der Waals surface area (Å²) in [5, 5.41) is 0. The van der Waals surface area contributed by atoms with Crippen molar-refractivity contribution < 1.29 is 9.32 Å². The first-order valence-corrected chi connectivity index (χ1v) is 5.84. The summed E-state index contributed by atoms with van der Waals surface area (Å²) in [4.78, 5) is 11.7. The molecule has 18 heavy (non-hydrogen) atoms. The zero-order chi connectivity index (χ0) is 13.4. The Balaban J connectivity index is 3.32. The minimum atomic E-state index is -0.391. The highest BCUT2D eigenvalue weighted by Gasteiger charge is 2.12. The van der Waals surface area contributed by atoms with E-state index in [1.807, 2.05) is 33.8 Å². The van der Waals surface area contributed by atoms with Gasteiger partial charge in [-0.25, -0.2) is 4.79 Å². The van der Waals surface area contributed by atoms with Crippen molar-refractivity contribution in [2.75, 3.05) is 0 Å². The number of benzene rings is 1. The third kappa shape index (κ3) is 3.54. The number of carbonyl (C=O) groups excluding carboxylic acids is 1. The van der Waals surface area contributed by atoms with Crippen LogP contribution in [0, 0.1) is 0 Å². The number of hydrogen-bond donors (Lipinski definition) is 0. The Bertz CT molecular complexity index is 513. The van der Waals surface area contributed by atoms with Gasteiger partial charge in [0.15, 0.2) is 0 Å². The highest BCUT2D eigenvalue weighted by molar-refractivity contribution is 7.10. The summed E-state index contributed by atoms with van der Waals surface area (Å²) >= 11 is 0. The van der Waals surface area contributed by atoms with E-state index in [1.165, 1.54) is 0 Å². The van der Waals surface area contributed by atoms with E-state index in [1.54, 1.807) is 30.4 Å². The zero-order valence-electron chi connectivity index (χ0n) is 10.0. The minimum absolute atomic E-state index is 0.391. The average Bonchev–Trinajstić information content (AvgIpc) is 2.42. The van der Waals surface area contributed by atoms with Crippen LogP contribution in [0.4, 0.5) is 0 Å². The molecule has 1 aromatic carbocycles. The first kappa shape index (κ1) is 14.1. The molecule has 92 valence electrons. The maximum Gasteiger partial charge on any atom is 0.340 e. The summed E-state index contributed by atoms with van der Waals surface area (Å²) in [5.74, 6) is -0.391. The van der Waals surface area contributed by atoms with Crippen LogP contribution in [-0.2, 0) is 4.52 Å². The average molecular weight is 258 g/mol. The molecule has 0 aliphatic rings. The fourth-order valence-corrected chi connectivity index (χ4v) is 1.64. The second kappa shape index (κ2) is 7.41. The molecule has 0 spiro atoms. The molecule has 0 saturated carbocycles. The Morgan fingerprint density at radius 2 is 1.83 bits per heavy atom. The van der Waals surface area contributed by atoms with Gasteiger partial charge in [0.1, 0.15) is 0 Å². The van der Waals surface area contributed by atoms with E-state index in [-0.39, 0.29) is 0 Å². The first-order valence-electron chi connectivity index (χ1n) is 5.37. The third-order valence-corrected chi connectivity index (χ3v) is 2.49. The van der Waals surface area contributed by atoms with Crippen LogP contribution >= 0.6 is 9.47 Å². The Hall–Kier alpha value is -1.92. The minimum Gasteiger partial charge on any atom is -0.448 e. The summed E-state index contributed by atoms with van der Waals surface area (Å²) in [5.41, 5.74) is 2.17. The highest BCUT2D eigenvalue weighted by atomic mass is 31.0. The van der Waals surface area contributed by atoms with Crippen molar-refractivity contribution in [3.63, 3.8) is 0 Å². The second-order valence-corrected chi connectivity index (χ2v) is 3.64. The Labute approximate surface area is 110 Å². The van der Waals surface area contributed by atoms with Crippen LogP contribution in [-0.4, -0.2) is 5.97 Å². The standard InChI is InChI=1S/C15H15O2P/c1-3-5-9-12(8-4-2)13-10-6-7-11-14(13)15(16)17-18/h3-11H,1-2,18H2/b9-5-,12-8+. The van der Waals surface area contributed by atoms with Gasteiger partial charge in [-0.2, -0.15) is 0 Å². The van der Waals surface area contributed by atoms with E-state index >= 15 is 0 Å². The third-order valence-electron chi connectivity index (χ3n) is 2.27. The second-order valence-electron chi connectivity index (χ2n) is 3.40. The molecule has 0 saturated heterocycles. The molecular formula is C15H15O2P. The van der Waals surface area contributed by atoms with E-state index in [4.69, 9.17) is 4.52 Å². The lowest BCUT2D eigenvalue weighted by atomic mass is 9.99. The molecule has 0 fully saturated rings. The van der Waals surface area contributed by atoms with Crippen molar-refractivity contribution in [1.29, 1.82) is 0 Å². The molecule has 0 aliphatic carbocycles. The molecule has 0 aromatic heterocycles. The van der Waals surface area contributed by atoms with Gasteiger partial charge in [0.05, 0.1) is 15.0 Å². The van der Waals surface area contributed by atoms with Gasteiger partial charge in [0.25, 0.3) is 0 Å². The first-order chi connectivity index (χ1) is 8.74. The monoisotopic (exact) mass is 258 g/mol. The summed E-state index contributed by atoms with van der Waals surface area (Å²) in [6, 6.07) is 7.25. The van der Waals surface area contributed by atoms with Crippen LogP contribution in [0.2, 0.25) is 0 Å². The molecule has 1 atom stereocenters. The molecule has 0 bridgehead atoms. The van der Waals surface area contributed by atoms with Crippen LogP contribution in [0.1, 0.15) is 15.9 Å². The SMILES string of the molecule is C=C/C=C\C(=C/C=C)c1ccccc1C(=O)OP. The van der Waals surface area contributed by atoms with Crippen LogP contribution in [0.15, 0.2) is 67.8 Å². The Morgan fingerprint density at radius 3 is 2.39 bits per heavy atom. The van der Waals surface area contributed by atoms with Gasteiger partial charge in [-0.15, -0.1) is 0 Å². The van der Waals surface area contributed by atoms with Gasteiger partial charge in [0, 0.05) is 0 Å². The molecule has 0 amide bonds. The van der Waals surface area contributed by atoms with Crippen LogP contribution in [0.25, 0.3) is 5.57 Å². The summed E-state index contributed by atoms with van der Waals surface area (Å²) < 4.78 is 4.69. The van der Waals surface area contributed by atoms with E-state index in [9.17, 15) is 4.79 Å². The molecule has 0 radical (unpaired) electrons. The number of allylic oxidation sites excluding steroid dienone is 6. The molecule has 0 aliphatic heterocycles. The van der Waals surface area contributed by atoms with Gasteiger partial charge in [-0.1, -0.05) is 61.7 Å². The van der Waals surface area contributed by atoms with Crippen LogP contribution in [0.5, 0.6) is 0 Å². The van der Waals surface area contributed by atoms with E-state index < -0.39 is 5.97 Å². The van der Waals surface area contributed by atoms with Crippen LogP contribution < -0.4 is 0 Å². The smallest absolute Gasteiger partial charge is 0.340 e. The molecule has 3 heteroatoms. The maximum atomic E-state index is 11.7. The molecule has 0 N–H and O–H groups in total. The van der Waals surface area contributed by atoms with Gasteiger partial charge >= 0.3 is 5.97 Å². The molecule has 1 rings (SSSR count). The van der Waals surface area contributed by atoms with Gasteiger partial charge < -0.3 is 4.52 Å². The largest absolute Gasteiger partial charge is 0.448 e. The molecule has 1 unspecified atom stereocenters. The van der Waals surface area contributed by atoms with E-state index in [2.05, 4.69) is 13.2 Å². The lowest BCUT2D eigenvalue weighted by Gasteiger charge is -2.08. The normalized spacial score (nSPS) is 11.3. The summed E-state index contributed by atoms with van der Waals surface area (Å²) in [6.07, 6.45) is 8.84. The quantitative estimate of drug-likeness (QED) is 0.590. The predicted octanol–water partition coefficient (Wildman–Crippen LogP) is 3.95. The fraction of sp³-hybridized carbons (Fsp3) is 0. The maximum absolute atomic E-state index is 11.7. The van der Waals surface area contributed by atoms with Crippen molar-refractivity contribution in [2.24, 2.45) is 0 Å². The van der Waals surface area contributed by atoms with Gasteiger partial charge in [0.2, 0.25) is 0 Å². The van der Waals surface area contributed by atoms with Crippen molar-refractivity contribution >= 4 is 21.0 Å². The molecule has 0 heterocycles. The molecular weight excluding hydrogens is 243 g/mol. The van der Waals surface area contributed by atoms with E-state index in [0.29, 0.717) is 5.56 Å². The van der Waals surface area contributed by atoms with Gasteiger partial charge in [-0.3, -0.25) is 0 Å². The number of hydrogen-bond acceptors (Lipinski definition) is 2. The molecule has 2 nitrogen and oxygen atoms in total. The number of rotatable bonds is 5. The fourth-order valence-electron chi connectivity index (χ4n) is 1.51. The Kier molecular flexibility index (Phi) is 5.83. The summed E-state index contributed by atoms with van der Waals surface area (Å²) in [6.45, 7) is 7.30. The Morgan fingerprint density at radius 1 is 1.17 bits per heavy atom. The van der Waals surface area contributed by atoms with Gasteiger partial charge in [-0.05, 0) is 17.2 Å². The number of carbonyl (C=O) groups is 1. The van der Waals surface area contributed by atoms with Crippen molar-refractivity contribution in [1.82, 2.24) is 0 Å². The lowest BCUT2D eigenvalue weighted by Crippen LogP contribution is -2.02. The van der Waals surface area contributed by atoms with E-state index in [0.717, 1.165) is 11.1 Å². The lowest BCUT2D eigenvalue weighted by molar-refractivity contribution is 0.0765.